The molecule has 0 bridgehead atoms. The van der Waals surface area contributed by atoms with Crippen molar-refractivity contribution >= 4 is 5.65 Å². The Hall–Kier alpha value is -2.75. The van der Waals surface area contributed by atoms with E-state index < -0.39 is 35.1 Å². The summed E-state index contributed by atoms with van der Waals surface area (Å²) in [4.78, 5) is 0. The third-order valence-electron chi connectivity index (χ3n) is 6.57. The second kappa shape index (κ2) is 7.93. The van der Waals surface area contributed by atoms with E-state index in [0.29, 0.717) is 18.2 Å². The minimum Gasteiger partial charge on any atom is -0.490 e. The van der Waals surface area contributed by atoms with Crippen LogP contribution in [-0.4, -0.2) is 25.8 Å². The highest BCUT2D eigenvalue weighted by molar-refractivity contribution is 5.57. The monoisotopic (exact) mass is 467 g/mol. The molecule has 1 aromatic carbocycles. The molecule has 10 heteroatoms. The predicted octanol–water partition coefficient (Wildman–Crippen LogP) is 5.19. The van der Waals surface area contributed by atoms with Crippen LogP contribution in [0.2, 0.25) is 0 Å². The van der Waals surface area contributed by atoms with Gasteiger partial charge in [0.05, 0.1) is 11.7 Å². The van der Waals surface area contributed by atoms with Crippen molar-refractivity contribution in [1.82, 2.24) is 14.6 Å². The number of hydrogen-bond donors (Lipinski definition) is 1. The first-order chi connectivity index (χ1) is 15.6. The SMILES string of the molecule is O[C@]1(c2ccc(F)c(F)c2)CC[C@@H](Oc2ccn3c(CC4CC4)nnc3c2C(F)(F)F)CC1. The normalized spacial score (nSPS) is 23.8. The van der Waals surface area contributed by atoms with E-state index in [9.17, 15) is 27.1 Å². The highest BCUT2D eigenvalue weighted by Crippen LogP contribution is 2.43. The lowest BCUT2D eigenvalue weighted by Gasteiger charge is -2.36. The first-order valence-electron chi connectivity index (χ1n) is 10.9. The fourth-order valence-corrected chi connectivity index (χ4v) is 4.51. The number of fused-ring (bicyclic) bond motifs is 1. The van der Waals surface area contributed by atoms with Crippen molar-refractivity contribution in [3.8, 4) is 5.75 Å². The van der Waals surface area contributed by atoms with Gasteiger partial charge in [0.2, 0.25) is 0 Å². The van der Waals surface area contributed by atoms with Crippen LogP contribution in [0.3, 0.4) is 0 Å². The van der Waals surface area contributed by atoms with Gasteiger partial charge in [-0.1, -0.05) is 6.07 Å². The second-order valence-electron chi connectivity index (χ2n) is 8.99. The number of aromatic nitrogens is 3. The van der Waals surface area contributed by atoms with Crippen molar-refractivity contribution < 1.29 is 31.8 Å². The van der Waals surface area contributed by atoms with Gasteiger partial charge in [-0.3, -0.25) is 4.40 Å². The molecule has 1 N–H and O–H groups in total. The molecule has 33 heavy (non-hydrogen) atoms. The van der Waals surface area contributed by atoms with E-state index in [1.165, 1.54) is 22.7 Å². The van der Waals surface area contributed by atoms with E-state index in [2.05, 4.69) is 10.2 Å². The van der Waals surface area contributed by atoms with Gasteiger partial charge in [-0.15, -0.1) is 10.2 Å². The molecule has 0 saturated heterocycles. The number of ether oxygens (including phenoxy) is 1. The van der Waals surface area contributed by atoms with Gasteiger partial charge in [0.25, 0.3) is 0 Å². The van der Waals surface area contributed by atoms with Crippen molar-refractivity contribution in [2.24, 2.45) is 5.92 Å². The molecule has 2 aliphatic carbocycles. The highest BCUT2D eigenvalue weighted by Gasteiger charge is 2.41. The van der Waals surface area contributed by atoms with Crippen molar-refractivity contribution in [2.75, 3.05) is 0 Å². The molecule has 2 heterocycles. The molecule has 2 saturated carbocycles. The Kier molecular flexibility index (Phi) is 5.30. The third-order valence-corrected chi connectivity index (χ3v) is 6.57. The molecule has 0 atom stereocenters. The average Bonchev–Trinajstić information content (AvgIpc) is 3.49. The summed E-state index contributed by atoms with van der Waals surface area (Å²) in [6, 6.07) is 4.51. The first kappa shape index (κ1) is 22.1. The fraction of sp³-hybridized carbons (Fsp3) is 0.478. The van der Waals surface area contributed by atoms with Crippen LogP contribution in [0.5, 0.6) is 5.75 Å². The molecule has 0 unspecified atom stereocenters. The van der Waals surface area contributed by atoms with Crippen molar-refractivity contribution in [2.45, 2.75) is 62.8 Å². The quantitative estimate of drug-likeness (QED) is 0.525. The summed E-state index contributed by atoms with van der Waals surface area (Å²) >= 11 is 0. The minimum absolute atomic E-state index is 0.142. The zero-order valence-corrected chi connectivity index (χ0v) is 17.6. The zero-order valence-electron chi connectivity index (χ0n) is 17.6. The van der Waals surface area contributed by atoms with Gasteiger partial charge in [0, 0.05) is 12.6 Å². The number of benzene rings is 1. The lowest BCUT2D eigenvalue weighted by Crippen LogP contribution is -2.36. The van der Waals surface area contributed by atoms with Gasteiger partial charge >= 0.3 is 6.18 Å². The maximum atomic E-state index is 14.0. The van der Waals surface area contributed by atoms with E-state index in [1.54, 1.807) is 0 Å². The van der Waals surface area contributed by atoms with Crippen LogP contribution < -0.4 is 4.74 Å². The summed E-state index contributed by atoms with van der Waals surface area (Å²) in [5.74, 6) is -1.46. The van der Waals surface area contributed by atoms with Gasteiger partial charge < -0.3 is 9.84 Å². The number of rotatable bonds is 5. The number of aliphatic hydroxyl groups is 1. The van der Waals surface area contributed by atoms with E-state index in [4.69, 9.17) is 4.74 Å². The maximum Gasteiger partial charge on any atom is 0.423 e. The molecule has 5 nitrogen and oxygen atoms in total. The predicted molar refractivity (Wildman–Crippen MR) is 108 cm³/mol. The first-order valence-corrected chi connectivity index (χ1v) is 10.9. The Bertz CT molecular complexity index is 1180. The van der Waals surface area contributed by atoms with E-state index >= 15 is 0 Å². The minimum atomic E-state index is -4.69. The molecule has 0 amide bonds. The molecule has 2 aliphatic rings. The summed E-state index contributed by atoms with van der Waals surface area (Å²) in [6.45, 7) is 0. The Morgan fingerprint density at radius 2 is 1.76 bits per heavy atom. The lowest BCUT2D eigenvalue weighted by molar-refractivity contribution is -0.138. The smallest absolute Gasteiger partial charge is 0.423 e. The zero-order chi connectivity index (χ0) is 23.4. The molecule has 5 rings (SSSR count). The number of alkyl halides is 3. The molecular weight excluding hydrogens is 445 g/mol. The van der Waals surface area contributed by atoms with Gasteiger partial charge in [-0.05, 0) is 68.2 Å². The van der Waals surface area contributed by atoms with Crippen LogP contribution in [0.25, 0.3) is 5.65 Å². The van der Waals surface area contributed by atoms with Crippen LogP contribution in [0, 0.1) is 17.6 Å². The van der Waals surface area contributed by atoms with Crippen molar-refractivity contribution in [3.05, 3.63) is 59.0 Å². The summed E-state index contributed by atoms with van der Waals surface area (Å²) < 4.78 is 75.8. The average molecular weight is 467 g/mol. The van der Waals surface area contributed by atoms with Gasteiger partial charge in [-0.25, -0.2) is 8.78 Å². The topological polar surface area (TPSA) is 59.7 Å². The van der Waals surface area contributed by atoms with Gasteiger partial charge in [-0.2, -0.15) is 13.2 Å². The van der Waals surface area contributed by atoms with Crippen LogP contribution in [0.1, 0.15) is 55.5 Å². The summed E-state index contributed by atoms with van der Waals surface area (Å²) in [5, 5.41) is 18.7. The number of halogens is 5. The Morgan fingerprint density at radius 1 is 1.03 bits per heavy atom. The largest absolute Gasteiger partial charge is 0.490 e. The standard InChI is InChI=1S/C23H22F5N3O2/c24-16-4-3-14(12-17(16)25)22(32)8-5-15(6-9-22)33-18-7-10-31-19(11-13-1-2-13)29-30-21(31)20(18)23(26,27)28/h3-4,7,10,12-13,15,32H,1-2,5-6,8-9,11H2/t15-,22-. The fourth-order valence-electron chi connectivity index (χ4n) is 4.51. The highest BCUT2D eigenvalue weighted by atomic mass is 19.4. The molecular formula is C23H22F5N3O2. The van der Waals surface area contributed by atoms with Crippen LogP contribution in [0.4, 0.5) is 22.0 Å². The van der Waals surface area contributed by atoms with E-state index in [1.807, 2.05) is 0 Å². The van der Waals surface area contributed by atoms with Gasteiger partial charge in [0.1, 0.15) is 17.1 Å². The van der Waals surface area contributed by atoms with Crippen molar-refractivity contribution in [3.63, 3.8) is 0 Å². The number of nitrogens with zero attached hydrogens (tertiary/aromatic N) is 3. The second-order valence-corrected chi connectivity index (χ2v) is 8.99. The molecule has 0 aliphatic heterocycles. The van der Waals surface area contributed by atoms with E-state index in [-0.39, 0.29) is 42.6 Å². The molecule has 176 valence electrons. The van der Waals surface area contributed by atoms with Crippen LogP contribution >= 0.6 is 0 Å². The van der Waals surface area contributed by atoms with Crippen LogP contribution in [0.15, 0.2) is 30.5 Å². The molecule has 3 aromatic rings. The number of pyridine rings is 1. The van der Waals surface area contributed by atoms with E-state index in [0.717, 1.165) is 25.0 Å². The maximum absolute atomic E-state index is 14.0. The summed E-state index contributed by atoms with van der Waals surface area (Å²) in [5.41, 5.74) is -2.41. The molecule has 2 fully saturated rings. The molecule has 0 spiro atoms. The summed E-state index contributed by atoms with van der Waals surface area (Å²) in [7, 11) is 0. The molecule has 0 radical (unpaired) electrons. The van der Waals surface area contributed by atoms with Crippen LogP contribution in [-0.2, 0) is 18.2 Å². The van der Waals surface area contributed by atoms with Crippen molar-refractivity contribution in [1.29, 1.82) is 0 Å². The summed E-state index contributed by atoms with van der Waals surface area (Å²) in [6.07, 6.45) is -0.319. The number of hydrogen-bond acceptors (Lipinski definition) is 4. The Morgan fingerprint density at radius 3 is 2.39 bits per heavy atom. The lowest BCUT2D eigenvalue weighted by atomic mass is 9.78. The Balaban J connectivity index is 1.36. The Labute approximate surface area is 186 Å². The molecule has 2 aromatic heterocycles. The third kappa shape index (κ3) is 4.28. The van der Waals surface area contributed by atoms with Gasteiger partial charge in [0.15, 0.2) is 17.3 Å².